The molecule has 0 amide bonds. The van der Waals surface area contributed by atoms with E-state index >= 15 is 0 Å². The first-order chi connectivity index (χ1) is 13.4. The number of carboxylic acids is 2. The number of carboxylic acid groups (broad SMARTS) is 2. The predicted molar refractivity (Wildman–Crippen MR) is 111 cm³/mol. The van der Waals surface area contributed by atoms with Crippen molar-refractivity contribution in [1.29, 1.82) is 0 Å². The van der Waals surface area contributed by atoms with Gasteiger partial charge in [0.1, 0.15) is 22.6 Å². The van der Waals surface area contributed by atoms with Crippen LogP contribution in [0.2, 0.25) is 0 Å². The zero-order valence-corrected chi connectivity index (χ0v) is 16.7. The fourth-order valence-corrected chi connectivity index (χ4v) is 2.80. The SMILES string of the molecule is O=C(O)c1cc2ccccc2cc1O.O=C(O)c1cc2ccccc2cc1O.[Mg]. The number of hydrogen-bond acceptors (Lipinski definition) is 4. The highest BCUT2D eigenvalue weighted by Gasteiger charge is 2.10. The van der Waals surface area contributed by atoms with E-state index in [-0.39, 0.29) is 45.7 Å². The minimum atomic E-state index is -1.12. The van der Waals surface area contributed by atoms with Crippen LogP contribution in [0.15, 0.2) is 72.8 Å². The Hall–Kier alpha value is -3.29. The van der Waals surface area contributed by atoms with Gasteiger partial charge in [-0.15, -0.1) is 0 Å². The first kappa shape index (κ1) is 22.0. The van der Waals surface area contributed by atoms with E-state index in [4.69, 9.17) is 10.2 Å². The highest BCUT2D eigenvalue weighted by Crippen LogP contribution is 2.25. The molecule has 4 N–H and O–H groups in total. The second-order valence-corrected chi connectivity index (χ2v) is 6.04. The van der Waals surface area contributed by atoms with Gasteiger partial charge in [0, 0.05) is 23.1 Å². The van der Waals surface area contributed by atoms with Crippen LogP contribution in [-0.4, -0.2) is 55.4 Å². The lowest BCUT2D eigenvalue weighted by atomic mass is 10.1. The summed E-state index contributed by atoms with van der Waals surface area (Å²) in [4.78, 5) is 21.4. The second kappa shape index (κ2) is 9.27. The number of rotatable bonds is 2. The predicted octanol–water partition coefficient (Wildman–Crippen LogP) is 4.11. The molecule has 0 aliphatic heterocycles. The Morgan fingerprint density at radius 2 is 0.828 bits per heavy atom. The fourth-order valence-electron chi connectivity index (χ4n) is 2.80. The maximum Gasteiger partial charge on any atom is 0.339 e. The summed E-state index contributed by atoms with van der Waals surface area (Å²) in [5, 5.41) is 39.6. The molecule has 4 aromatic rings. The van der Waals surface area contributed by atoms with Gasteiger partial charge in [-0.2, -0.15) is 0 Å². The molecule has 0 saturated heterocycles. The third-order valence-corrected chi connectivity index (χ3v) is 4.19. The van der Waals surface area contributed by atoms with Crippen molar-refractivity contribution in [3.63, 3.8) is 0 Å². The first-order valence-corrected chi connectivity index (χ1v) is 8.27. The standard InChI is InChI=1S/2C11H8O3.Mg/c2*12-10-6-8-4-2-1-3-7(8)5-9(10)11(13)14;/h2*1-6,12H,(H,13,14);. The van der Waals surface area contributed by atoms with Gasteiger partial charge in [0.25, 0.3) is 0 Å². The monoisotopic (exact) mass is 400 g/mol. The zero-order chi connectivity index (χ0) is 20.3. The maximum atomic E-state index is 10.7. The molecule has 4 aromatic carbocycles. The van der Waals surface area contributed by atoms with Crippen LogP contribution in [0.25, 0.3) is 21.5 Å². The Morgan fingerprint density at radius 1 is 0.552 bits per heavy atom. The smallest absolute Gasteiger partial charge is 0.339 e. The first-order valence-electron chi connectivity index (χ1n) is 8.27. The van der Waals surface area contributed by atoms with Gasteiger partial charge in [-0.25, -0.2) is 9.59 Å². The molecule has 0 spiro atoms. The lowest BCUT2D eigenvalue weighted by molar-refractivity contribution is 0.0682. The molecular formula is C22H16MgO6. The van der Waals surface area contributed by atoms with E-state index in [1.165, 1.54) is 24.3 Å². The van der Waals surface area contributed by atoms with Crippen molar-refractivity contribution < 1.29 is 30.0 Å². The number of hydrogen-bond donors (Lipinski definition) is 4. The summed E-state index contributed by atoms with van der Waals surface area (Å²) in [6.07, 6.45) is 0. The number of benzene rings is 4. The summed E-state index contributed by atoms with van der Waals surface area (Å²) in [7, 11) is 0. The van der Waals surface area contributed by atoms with E-state index in [0.29, 0.717) is 0 Å². The third-order valence-electron chi connectivity index (χ3n) is 4.19. The molecular weight excluding hydrogens is 385 g/mol. The van der Waals surface area contributed by atoms with E-state index in [1.54, 1.807) is 12.1 Å². The highest BCUT2D eigenvalue weighted by atomic mass is 24.3. The minimum absolute atomic E-state index is 0. The molecule has 0 bridgehead atoms. The van der Waals surface area contributed by atoms with Gasteiger partial charge in [0.15, 0.2) is 0 Å². The molecule has 6 nitrogen and oxygen atoms in total. The summed E-state index contributed by atoms with van der Waals surface area (Å²) < 4.78 is 0. The molecule has 0 heterocycles. The quantitative estimate of drug-likeness (QED) is 0.376. The minimum Gasteiger partial charge on any atom is -0.507 e. The van der Waals surface area contributed by atoms with Crippen LogP contribution in [0.4, 0.5) is 0 Å². The maximum absolute atomic E-state index is 10.7. The van der Waals surface area contributed by atoms with Crippen molar-refractivity contribution in [3.05, 3.63) is 83.9 Å². The van der Waals surface area contributed by atoms with E-state index in [1.807, 2.05) is 36.4 Å². The van der Waals surface area contributed by atoms with Crippen molar-refractivity contribution >= 4 is 56.5 Å². The molecule has 2 radical (unpaired) electrons. The van der Waals surface area contributed by atoms with Gasteiger partial charge in [0.05, 0.1) is 0 Å². The number of aromatic carboxylic acids is 2. The number of carbonyl (C=O) groups is 2. The summed E-state index contributed by atoms with van der Waals surface area (Å²) in [6, 6.07) is 20.4. The van der Waals surface area contributed by atoms with Crippen molar-refractivity contribution in [3.8, 4) is 11.5 Å². The molecule has 0 atom stereocenters. The van der Waals surface area contributed by atoms with Crippen LogP contribution in [0.1, 0.15) is 20.7 Å². The average molecular weight is 401 g/mol. The molecule has 4 rings (SSSR count). The van der Waals surface area contributed by atoms with E-state index in [0.717, 1.165) is 21.5 Å². The van der Waals surface area contributed by atoms with Crippen molar-refractivity contribution in [2.75, 3.05) is 0 Å². The van der Waals surface area contributed by atoms with Crippen molar-refractivity contribution in [2.45, 2.75) is 0 Å². The van der Waals surface area contributed by atoms with Gasteiger partial charge in [-0.05, 0) is 45.8 Å². The molecule has 7 heteroatoms. The molecule has 0 fully saturated rings. The molecule has 0 aliphatic rings. The summed E-state index contributed by atoms with van der Waals surface area (Å²) in [6.45, 7) is 0. The summed E-state index contributed by atoms with van der Waals surface area (Å²) >= 11 is 0. The zero-order valence-electron chi connectivity index (χ0n) is 15.2. The van der Waals surface area contributed by atoms with E-state index < -0.39 is 11.9 Å². The van der Waals surface area contributed by atoms with Gasteiger partial charge in [-0.1, -0.05) is 48.5 Å². The average Bonchev–Trinajstić information content (AvgIpc) is 2.67. The lowest BCUT2D eigenvalue weighted by Gasteiger charge is -2.02. The highest BCUT2D eigenvalue weighted by molar-refractivity contribution is 5.98. The molecule has 0 aromatic heterocycles. The Morgan fingerprint density at radius 3 is 1.10 bits per heavy atom. The summed E-state index contributed by atoms with van der Waals surface area (Å²) in [5.41, 5.74) is -0.132. The van der Waals surface area contributed by atoms with Crippen LogP contribution in [-0.2, 0) is 0 Å². The number of fused-ring (bicyclic) bond motifs is 2. The normalized spacial score (nSPS) is 9.93. The van der Waals surface area contributed by atoms with Crippen molar-refractivity contribution in [2.24, 2.45) is 0 Å². The van der Waals surface area contributed by atoms with Crippen LogP contribution < -0.4 is 0 Å². The Kier molecular flexibility index (Phi) is 7.03. The number of phenols is 2. The Bertz CT molecular complexity index is 1110. The van der Waals surface area contributed by atoms with Gasteiger partial charge in [0.2, 0.25) is 0 Å². The molecule has 0 aliphatic carbocycles. The second-order valence-electron chi connectivity index (χ2n) is 6.04. The Balaban J connectivity index is 0.000000200. The molecule has 0 saturated carbocycles. The van der Waals surface area contributed by atoms with Gasteiger partial charge in [-0.3, -0.25) is 0 Å². The number of aromatic hydroxyl groups is 2. The van der Waals surface area contributed by atoms with Gasteiger partial charge >= 0.3 is 11.9 Å². The van der Waals surface area contributed by atoms with E-state index in [2.05, 4.69) is 0 Å². The van der Waals surface area contributed by atoms with Crippen LogP contribution in [0.5, 0.6) is 11.5 Å². The Labute approximate surface area is 181 Å². The molecule has 142 valence electrons. The molecule has 29 heavy (non-hydrogen) atoms. The third kappa shape index (κ3) is 4.95. The fraction of sp³-hybridized carbons (Fsp3) is 0. The van der Waals surface area contributed by atoms with Gasteiger partial charge < -0.3 is 20.4 Å². The molecule has 0 unspecified atom stereocenters. The van der Waals surface area contributed by atoms with E-state index in [9.17, 15) is 19.8 Å². The van der Waals surface area contributed by atoms with Crippen LogP contribution in [0.3, 0.4) is 0 Å². The lowest BCUT2D eigenvalue weighted by Crippen LogP contribution is -1.96. The van der Waals surface area contributed by atoms with Crippen molar-refractivity contribution in [1.82, 2.24) is 0 Å². The van der Waals surface area contributed by atoms with Crippen LogP contribution in [0, 0.1) is 0 Å². The van der Waals surface area contributed by atoms with Crippen LogP contribution >= 0.6 is 0 Å². The topological polar surface area (TPSA) is 115 Å². The largest absolute Gasteiger partial charge is 0.507 e. The summed E-state index contributed by atoms with van der Waals surface area (Å²) in [5.74, 6) is -2.63.